The third-order valence-electron chi connectivity index (χ3n) is 4.87. The van der Waals surface area contributed by atoms with Crippen LogP contribution in [-0.2, 0) is 13.1 Å². The van der Waals surface area contributed by atoms with E-state index in [4.69, 9.17) is 4.98 Å². The molecule has 0 spiro atoms. The van der Waals surface area contributed by atoms with E-state index < -0.39 is 0 Å². The zero-order valence-electron chi connectivity index (χ0n) is 14.4. The number of hydrogen-bond donors (Lipinski definition) is 1. The minimum Gasteiger partial charge on any atom is -0.367 e. The van der Waals surface area contributed by atoms with Gasteiger partial charge in [0.2, 0.25) is 0 Å². The van der Waals surface area contributed by atoms with E-state index in [-0.39, 0.29) is 0 Å². The Hall–Kier alpha value is -3.33. The molecular weight excluding hydrogens is 318 g/mol. The van der Waals surface area contributed by atoms with Gasteiger partial charge in [0.15, 0.2) is 0 Å². The van der Waals surface area contributed by atoms with Crippen molar-refractivity contribution in [3.63, 3.8) is 0 Å². The third kappa shape index (κ3) is 2.78. The Balaban J connectivity index is 1.42. The third-order valence-corrected chi connectivity index (χ3v) is 4.87. The van der Waals surface area contributed by atoms with E-state index in [0.717, 1.165) is 30.2 Å². The van der Waals surface area contributed by atoms with Crippen LogP contribution in [0.4, 0.5) is 0 Å². The molecule has 126 valence electrons. The summed E-state index contributed by atoms with van der Waals surface area (Å²) in [5.74, 6) is 0.937. The summed E-state index contributed by atoms with van der Waals surface area (Å²) in [6, 6.07) is 25.5. The predicted molar refractivity (Wildman–Crippen MR) is 106 cm³/mol. The summed E-state index contributed by atoms with van der Waals surface area (Å²) in [7, 11) is 0. The molecule has 1 N–H and O–H groups in total. The highest BCUT2D eigenvalue weighted by atomic mass is 15.1. The largest absolute Gasteiger partial charge is 0.367 e. The first-order chi connectivity index (χ1) is 12.8. The maximum Gasteiger partial charge on any atom is 0.138 e. The molecule has 4 aromatic rings. The van der Waals surface area contributed by atoms with Crippen molar-refractivity contribution in [2.24, 2.45) is 0 Å². The summed E-state index contributed by atoms with van der Waals surface area (Å²) in [5, 5.41) is 2.49. The van der Waals surface area contributed by atoms with Crippen molar-refractivity contribution in [3.8, 4) is 11.4 Å². The zero-order valence-corrected chi connectivity index (χ0v) is 14.4. The van der Waals surface area contributed by atoms with E-state index in [1.807, 2.05) is 0 Å². The lowest BCUT2D eigenvalue weighted by molar-refractivity contribution is 0.355. The molecular formula is C23H19N3. The fourth-order valence-electron chi connectivity index (χ4n) is 3.51. The standard InChI is InChI=1S/C23H19N3/c1-2-6-17(7-3-1)15-26-13-12-21-22(16-26)25-23(24-21)20-11-10-18-8-4-5-9-19(18)14-20/h1-14H,15-16H2,(H,24,25). The van der Waals surface area contributed by atoms with Crippen LogP contribution in [0.25, 0.3) is 28.2 Å². The first-order valence-corrected chi connectivity index (χ1v) is 8.89. The smallest absolute Gasteiger partial charge is 0.138 e. The van der Waals surface area contributed by atoms with Crippen molar-refractivity contribution >= 4 is 16.8 Å². The van der Waals surface area contributed by atoms with Crippen LogP contribution in [0, 0.1) is 0 Å². The Bertz CT molecular complexity index is 1090. The Labute approximate surface area is 152 Å². The van der Waals surface area contributed by atoms with Gasteiger partial charge >= 0.3 is 0 Å². The second-order valence-electron chi connectivity index (χ2n) is 6.72. The topological polar surface area (TPSA) is 31.9 Å². The van der Waals surface area contributed by atoms with E-state index in [1.54, 1.807) is 0 Å². The number of nitrogens with one attached hydrogen (secondary N) is 1. The highest BCUT2D eigenvalue weighted by Gasteiger charge is 2.16. The summed E-state index contributed by atoms with van der Waals surface area (Å²) in [6.45, 7) is 1.75. The number of imidazole rings is 1. The quantitative estimate of drug-likeness (QED) is 0.556. The molecule has 0 saturated carbocycles. The summed E-state index contributed by atoms with van der Waals surface area (Å²) < 4.78 is 0. The lowest BCUT2D eigenvalue weighted by Crippen LogP contribution is -2.19. The molecule has 0 radical (unpaired) electrons. The average Bonchev–Trinajstić information content (AvgIpc) is 3.12. The van der Waals surface area contributed by atoms with Crippen LogP contribution in [0.15, 0.2) is 79.0 Å². The van der Waals surface area contributed by atoms with Crippen molar-refractivity contribution in [1.82, 2.24) is 14.9 Å². The van der Waals surface area contributed by atoms with Crippen LogP contribution in [0.5, 0.6) is 0 Å². The van der Waals surface area contributed by atoms with Gasteiger partial charge in [0.05, 0.1) is 17.9 Å². The number of benzene rings is 3. The van der Waals surface area contributed by atoms with Crippen LogP contribution < -0.4 is 0 Å². The minimum absolute atomic E-state index is 0.849. The fourth-order valence-corrected chi connectivity index (χ4v) is 3.51. The van der Waals surface area contributed by atoms with Crippen LogP contribution in [0.1, 0.15) is 17.0 Å². The summed E-state index contributed by atoms with van der Waals surface area (Å²) >= 11 is 0. The number of H-pyrrole nitrogens is 1. The summed E-state index contributed by atoms with van der Waals surface area (Å²) in [6.07, 6.45) is 4.24. The number of fused-ring (bicyclic) bond motifs is 2. The second kappa shape index (κ2) is 6.19. The Morgan fingerprint density at radius 2 is 1.69 bits per heavy atom. The van der Waals surface area contributed by atoms with Gasteiger partial charge in [-0.1, -0.05) is 66.7 Å². The predicted octanol–water partition coefficient (Wildman–Crippen LogP) is 5.22. The molecule has 0 aliphatic carbocycles. The van der Waals surface area contributed by atoms with Crippen LogP contribution in [0.3, 0.4) is 0 Å². The summed E-state index contributed by atoms with van der Waals surface area (Å²) in [4.78, 5) is 10.6. The van der Waals surface area contributed by atoms with Crippen LogP contribution in [0.2, 0.25) is 0 Å². The maximum atomic E-state index is 4.80. The molecule has 3 heteroatoms. The van der Waals surface area contributed by atoms with Gasteiger partial charge in [-0.3, -0.25) is 0 Å². The number of nitrogens with zero attached hydrogens (tertiary/aromatic N) is 2. The molecule has 1 aromatic heterocycles. The molecule has 0 unspecified atom stereocenters. The normalized spacial score (nSPS) is 13.2. The van der Waals surface area contributed by atoms with Gasteiger partial charge in [0.25, 0.3) is 0 Å². The van der Waals surface area contributed by atoms with Crippen LogP contribution in [-0.4, -0.2) is 14.9 Å². The molecule has 0 atom stereocenters. The Morgan fingerprint density at radius 1 is 0.885 bits per heavy atom. The molecule has 0 bridgehead atoms. The fraction of sp³-hybridized carbons (Fsp3) is 0.0870. The molecule has 1 aliphatic heterocycles. The van der Waals surface area contributed by atoms with Gasteiger partial charge in [-0.15, -0.1) is 0 Å². The lowest BCUT2D eigenvalue weighted by atomic mass is 10.1. The molecule has 0 saturated heterocycles. The first kappa shape index (κ1) is 15.0. The highest BCUT2D eigenvalue weighted by molar-refractivity contribution is 5.86. The van der Waals surface area contributed by atoms with Gasteiger partial charge in [-0.05, 0) is 28.5 Å². The van der Waals surface area contributed by atoms with E-state index in [1.165, 1.54) is 22.0 Å². The van der Waals surface area contributed by atoms with Crippen molar-refractivity contribution in [2.45, 2.75) is 13.1 Å². The van der Waals surface area contributed by atoms with E-state index in [2.05, 4.69) is 95.0 Å². The molecule has 1 aliphatic rings. The molecule has 3 nitrogen and oxygen atoms in total. The van der Waals surface area contributed by atoms with E-state index in [0.29, 0.717) is 0 Å². The highest BCUT2D eigenvalue weighted by Crippen LogP contribution is 2.26. The van der Waals surface area contributed by atoms with Crippen molar-refractivity contribution in [3.05, 3.63) is 95.9 Å². The van der Waals surface area contributed by atoms with Gasteiger partial charge < -0.3 is 9.88 Å². The monoisotopic (exact) mass is 337 g/mol. The summed E-state index contributed by atoms with van der Waals surface area (Å²) in [5.41, 5.74) is 4.65. The molecule has 2 heterocycles. The van der Waals surface area contributed by atoms with Gasteiger partial charge in [-0.2, -0.15) is 0 Å². The van der Waals surface area contributed by atoms with Crippen molar-refractivity contribution < 1.29 is 0 Å². The minimum atomic E-state index is 0.849. The van der Waals surface area contributed by atoms with Crippen molar-refractivity contribution in [2.75, 3.05) is 0 Å². The Morgan fingerprint density at radius 3 is 2.58 bits per heavy atom. The second-order valence-corrected chi connectivity index (χ2v) is 6.72. The van der Waals surface area contributed by atoms with Gasteiger partial charge in [0, 0.05) is 18.3 Å². The first-order valence-electron chi connectivity index (χ1n) is 8.89. The number of rotatable bonds is 3. The molecule has 26 heavy (non-hydrogen) atoms. The lowest BCUT2D eigenvalue weighted by Gasteiger charge is -2.22. The molecule has 3 aromatic carbocycles. The Kier molecular flexibility index (Phi) is 3.56. The maximum absolute atomic E-state index is 4.80. The molecule has 5 rings (SSSR count). The zero-order chi connectivity index (χ0) is 17.3. The molecule has 0 fully saturated rings. The van der Waals surface area contributed by atoms with Gasteiger partial charge in [-0.25, -0.2) is 4.98 Å². The number of aromatic amines is 1. The van der Waals surface area contributed by atoms with Gasteiger partial charge in [0.1, 0.15) is 5.82 Å². The average molecular weight is 337 g/mol. The number of hydrogen-bond acceptors (Lipinski definition) is 2. The molecule has 0 amide bonds. The number of aromatic nitrogens is 2. The van der Waals surface area contributed by atoms with Crippen LogP contribution >= 0.6 is 0 Å². The van der Waals surface area contributed by atoms with E-state index >= 15 is 0 Å². The SMILES string of the molecule is C1=CN(Cc2ccccc2)Cc2[nH]c(-c3ccc4ccccc4c3)nc21. The van der Waals surface area contributed by atoms with E-state index in [9.17, 15) is 0 Å². The van der Waals surface area contributed by atoms with Crippen molar-refractivity contribution in [1.29, 1.82) is 0 Å².